The maximum atomic E-state index is 11.9. The molecule has 0 fully saturated rings. The second-order valence-electron chi connectivity index (χ2n) is 4.84. The topological polar surface area (TPSA) is 170 Å². The Kier molecular flexibility index (Phi) is 4.20. The zero-order chi connectivity index (χ0) is 18.0. The molecule has 1 aromatic heterocycles. The highest BCUT2D eigenvalue weighted by Crippen LogP contribution is 2.41. The van der Waals surface area contributed by atoms with E-state index in [9.17, 15) is 30.5 Å². The van der Waals surface area contributed by atoms with E-state index in [0.29, 0.717) is 12.0 Å². The lowest BCUT2D eigenvalue weighted by Crippen LogP contribution is -2.16. The molecule has 2 rings (SSSR count). The largest absolute Gasteiger partial charge is 0.502 e. The van der Waals surface area contributed by atoms with E-state index in [1.165, 1.54) is 12.1 Å². The lowest BCUT2D eigenvalue weighted by atomic mass is 9.93. The summed E-state index contributed by atoms with van der Waals surface area (Å²) >= 11 is 0. The number of aromatic nitrogens is 1. The first-order valence-electron chi connectivity index (χ1n) is 6.72. The van der Waals surface area contributed by atoms with Gasteiger partial charge in [0, 0.05) is 17.2 Å². The number of rotatable bonds is 3. The van der Waals surface area contributed by atoms with Gasteiger partial charge in [0.25, 0.3) is 5.56 Å². The summed E-state index contributed by atoms with van der Waals surface area (Å²) in [5.74, 6) is -1.03. The average molecular weight is 325 g/mol. The van der Waals surface area contributed by atoms with Crippen LogP contribution in [0.1, 0.15) is 23.6 Å². The van der Waals surface area contributed by atoms with Crippen molar-refractivity contribution < 1.29 is 10.0 Å². The van der Waals surface area contributed by atoms with Crippen molar-refractivity contribution in [3.05, 3.63) is 49.3 Å². The van der Waals surface area contributed by atoms with E-state index in [0.717, 1.165) is 0 Å². The molecule has 1 heterocycles. The summed E-state index contributed by atoms with van der Waals surface area (Å²) in [5.41, 5.74) is 3.56. The second-order valence-corrected chi connectivity index (χ2v) is 4.84. The Morgan fingerprint density at radius 1 is 1.33 bits per heavy atom. The van der Waals surface area contributed by atoms with Gasteiger partial charge in [-0.05, 0) is 18.1 Å². The molecule has 4 N–H and O–H groups in total. The number of nitrogen functional groups attached to an aromatic ring is 1. The summed E-state index contributed by atoms with van der Waals surface area (Å²) in [6, 6.07) is 5.97. The molecule has 0 amide bonds. The van der Waals surface area contributed by atoms with Gasteiger partial charge in [0.1, 0.15) is 29.1 Å². The predicted molar refractivity (Wildman–Crippen MR) is 84.0 cm³/mol. The molecule has 0 aliphatic carbocycles. The van der Waals surface area contributed by atoms with Gasteiger partial charge < -0.3 is 15.8 Å². The maximum absolute atomic E-state index is 11.9. The first kappa shape index (κ1) is 16.5. The zero-order valence-electron chi connectivity index (χ0n) is 12.5. The van der Waals surface area contributed by atoms with Crippen LogP contribution in [-0.2, 0) is 6.42 Å². The lowest BCUT2D eigenvalue weighted by molar-refractivity contribution is -0.385. The van der Waals surface area contributed by atoms with Crippen LogP contribution < -0.4 is 11.3 Å². The maximum Gasteiger partial charge on any atom is 0.311 e. The number of nitrogens with two attached hydrogens (primary N) is 1. The van der Waals surface area contributed by atoms with E-state index in [-0.39, 0.29) is 22.5 Å². The van der Waals surface area contributed by atoms with E-state index in [4.69, 9.17) is 5.73 Å². The molecule has 0 saturated heterocycles. The zero-order valence-corrected chi connectivity index (χ0v) is 12.5. The molecule has 9 heteroatoms. The SMILES string of the molecule is CCc1cc(-c2c(C#N)c(N)[nH]c(=O)c2C#N)c(O)c([N+](=O)[O-])c1. The number of nitro groups is 1. The standard InChI is InChI=1S/C15H11N5O4/c1-2-7-3-8(13(21)11(4-7)20(23)24)12-9(5-16)14(18)19-15(22)10(12)6-17/h3-4,21H,2H2,1H3,(H3,18,19,22). The Hall–Kier alpha value is -3.85. The van der Waals surface area contributed by atoms with Crippen molar-refractivity contribution in [1.82, 2.24) is 4.98 Å². The Labute approximate surface area is 135 Å². The number of anilines is 1. The van der Waals surface area contributed by atoms with E-state index >= 15 is 0 Å². The van der Waals surface area contributed by atoms with Gasteiger partial charge in [-0.25, -0.2) is 0 Å². The summed E-state index contributed by atoms with van der Waals surface area (Å²) in [4.78, 5) is 24.5. The fourth-order valence-electron chi connectivity index (χ4n) is 2.32. The van der Waals surface area contributed by atoms with Gasteiger partial charge in [-0.3, -0.25) is 14.9 Å². The third-order valence-corrected chi connectivity index (χ3v) is 3.49. The number of nitriles is 2. The number of nitrogens with one attached hydrogen (secondary N) is 1. The van der Waals surface area contributed by atoms with Gasteiger partial charge in [-0.15, -0.1) is 0 Å². The fraction of sp³-hybridized carbons (Fsp3) is 0.133. The van der Waals surface area contributed by atoms with Crippen LogP contribution >= 0.6 is 0 Å². The number of phenols is 1. The molecule has 24 heavy (non-hydrogen) atoms. The Morgan fingerprint density at radius 2 is 1.96 bits per heavy atom. The first-order chi connectivity index (χ1) is 11.3. The smallest absolute Gasteiger partial charge is 0.311 e. The van der Waals surface area contributed by atoms with Gasteiger partial charge >= 0.3 is 5.69 Å². The van der Waals surface area contributed by atoms with Crippen LogP contribution in [0.3, 0.4) is 0 Å². The number of hydrogen-bond donors (Lipinski definition) is 3. The van der Waals surface area contributed by atoms with E-state index in [1.54, 1.807) is 19.1 Å². The van der Waals surface area contributed by atoms with Gasteiger partial charge in [-0.1, -0.05) is 6.92 Å². The number of nitro benzene ring substituents is 1. The number of H-pyrrole nitrogens is 1. The van der Waals surface area contributed by atoms with Crippen LogP contribution in [0.25, 0.3) is 11.1 Å². The number of phenolic OH excluding ortho intramolecular Hbond substituents is 1. The van der Waals surface area contributed by atoms with Crippen molar-refractivity contribution in [2.75, 3.05) is 5.73 Å². The highest BCUT2D eigenvalue weighted by atomic mass is 16.6. The van der Waals surface area contributed by atoms with Gasteiger partial charge in [0.2, 0.25) is 5.75 Å². The minimum Gasteiger partial charge on any atom is -0.502 e. The summed E-state index contributed by atoms with van der Waals surface area (Å²) in [7, 11) is 0. The molecule has 0 spiro atoms. The van der Waals surface area contributed by atoms with Crippen LogP contribution in [0.5, 0.6) is 5.75 Å². The molecule has 0 aliphatic heterocycles. The quantitative estimate of drug-likeness (QED) is 0.567. The Morgan fingerprint density at radius 3 is 2.46 bits per heavy atom. The van der Waals surface area contributed by atoms with Crippen molar-refractivity contribution in [1.29, 1.82) is 10.5 Å². The molecule has 0 radical (unpaired) electrons. The molecule has 9 nitrogen and oxygen atoms in total. The highest BCUT2D eigenvalue weighted by Gasteiger charge is 2.26. The molecule has 0 atom stereocenters. The van der Waals surface area contributed by atoms with E-state index in [2.05, 4.69) is 4.98 Å². The molecule has 0 bridgehead atoms. The second kappa shape index (κ2) is 6.10. The summed E-state index contributed by atoms with van der Waals surface area (Å²) in [6.07, 6.45) is 0.399. The Bertz CT molecular complexity index is 995. The first-order valence-corrected chi connectivity index (χ1v) is 6.72. The molecule has 1 aromatic carbocycles. The monoisotopic (exact) mass is 325 g/mol. The van der Waals surface area contributed by atoms with Crippen molar-refractivity contribution in [3.8, 4) is 29.0 Å². The molecular formula is C15H11N5O4. The van der Waals surface area contributed by atoms with Crippen LogP contribution in [0, 0.1) is 32.8 Å². The third kappa shape index (κ3) is 2.51. The lowest BCUT2D eigenvalue weighted by Gasteiger charge is -2.12. The normalized spacial score (nSPS) is 9.96. The van der Waals surface area contributed by atoms with Gasteiger partial charge in [0.05, 0.1) is 4.92 Å². The van der Waals surface area contributed by atoms with Crippen LogP contribution in [0.15, 0.2) is 16.9 Å². The number of aromatic amines is 1. The highest BCUT2D eigenvalue weighted by molar-refractivity contribution is 5.86. The third-order valence-electron chi connectivity index (χ3n) is 3.49. The fourth-order valence-corrected chi connectivity index (χ4v) is 2.32. The van der Waals surface area contributed by atoms with E-state index < -0.39 is 27.5 Å². The number of aromatic hydroxyl groups is 1. The molecule has 120 valence electrons. The van der Waals surface area contributed by atoms with E-state index in [1.807, 2.05) is 0 Å². The molecular weight excluding hydrogens is 314 g/mol. The van der Waals surface area contributed by atoms with Crippen LogP contribution in [0.4, 0.5) is 11.5 Å². The van der Waals surface area contributed by atoms with Crippen molar-refractivity contribution in [3.63, 3.8) is 0 Å². The van der Waals surface area contributed by atoms with Crippen molar-refractivity contribution >= 4 is 11.5 Å². The van der Waals surface area contributed by atoms with Crippen LogP contribution in [-0.4, -0.2) is 15.0 Å². The molecule has 0 aliphatic rings. The minimum absolute atomic E-state index is 0.160. The molecule has 0 unspecified atom stereocenters. The number of hydrogen-bond acceptors (Lipinski definition) is 7. The van der Waals surface area contributed by atoms with Gasteiger partial charge in [0.15, 0.2) is 0 Å². The molecule has 2 aromatic rings. The minimum atomic E-state index is -0.854. The average Bonchev–Trinajstić information content (AvgIpc) is 2.54. The summed E-state index contributed by atoms with van der Waals surface area (Å²) in [5, 5.41) is 39.9. The van der Waals surface area contributed by atoms with Gasteiger partial charge in [-0.2, -0.15) is 10.5 Å². The number of aryl methyl sites for hydroxylation is 1. The number of benzene rings is 1. The molecule has 0 saturated carbocycles. The number of nitrogens with zero attached hydrogens (tertiary/aromatic N) is 3. The Balaban J connectivity index is 3.05. The van der Waals surface area contributed by atoms with Crippen LogP contribution in [0.2, 0.25) is 0 Å². The van der Waals surface area contributed by atoms with Crippen molar-refractivity contribution in [2.45, 2.75) is 13.3 Å². The van der Waals surface area contributed by atoms with Crippen molar-refractivity contribution in [2.24, 2.45) is 0 Å². The number of pyridine rings is 1. The summed E-state index contributed by atoms with van der Waals surface area (Å²) in [6.45, 7) is 1.74. The predicted octanol–water partition coefficient (Wildman–Crippen LogP) is 1.54. The summed E-state index contributed by atoms with van der Waals surface area (Å²) < 4.78 is 0.